The summed E-state index contributed by atoms with van der Waals surface area (Å²) in [7, 11) is 6.26. The molecule has 9 nitrogen and oxygen atoms in total. The molecular weight excluding hydrogens is 440 g/mol. The van der Waals surface area contributed by atoms with E-state index in [4.69, 9.17) is 23.7 Å². The van der Waals surface area contributed by atoms with Crippen LogP contribution in [-0.2, 0) is 20.7 Å². The Labute approximate surface area is 199 Å². The van der Waals surface area contributed by atoms with Crippen molar-refractivity contribution in [2.75, 3.05) is 53.5 Å². The number of methoxy groups -OCH3 is 4. The van der Waals surface area contributed by atoms with E-state index in [1.807, 2.05) is 17.0 Å². The first kappa shape index (κ1) is 25.2. The molecule has 1 heterocycles. The number of ether oxygens (including phenoxy) is 5. The topological polar surface area (TPSA) is 95.6 Å². The van der Waals surface area contributed by atoms with Gasteiger partial charge in [0.25, 0.3) is 0 Å². The number of nitrogens with one attached hydrogen (secondary N) is 1. The predicted molar refractivity (Wildman–Crippen MR) is 127 cm³/mol. The zero-order valence-corrected chi connectivity index (χ0v) is 20.3. The largest absolute Gasteiger partial charge is 0.493 e. The number of carbonyl (C=O) groups is 2. The molecule has 2 aromatic rings. The molecule has 1 amide bonds. The van der Waals surface area contributed by atoms with Crippen molar-refractivity contribution < 1.29 is 33.3 Å². The molecule has 34 heavy (non-hydrogen) atoms. The van der Waals surface area contributed by atoms with Gasteiger partial charge in [0, 0.05) is 24.3 Å². The van der Waals surface area contributed by atoms with Crippen molar-refractivity contribution in [3.8, 4) is 23.0 Å². The molecule has 1 aliphatic rings. The Morgan fingerprint density at radius 2 is 1.59 bits per heavy atom. The number of anilines is 1. The first-order valence-electron chi connectivity index (χ1n) is 11.1. The van der Waals surface area contributed by atoms with Crippen LogP contribution in [0, 0.1) is 0 Å². The summed E-state index contributed by atoms with van der Waals surface area (Å²) in [4.78, 5) is 27.3. The lowest BCUT2D eigenvalue weighted by Crippen LogP contribution is -2.41. The number of carbonyl (C=O) groups excluding carboxylic acids is 2. The average Bonchev–Trinajstić information content (AvgIpc) is 2.84. The molecule has 1 aliphatic heterocycles. The summed E-state index contributed by atoms with van der Waals surface area (Å²) < 4.78 is 26.7. The monoisotopic (exact) mass is 472 g/mol. The van der Waals surface area contributed by atoms with Crippen molar-refractivity contribution in [3.05, 3.63) is 41.5 Å². The molecule has 0 saturated heterocycles. The van der Waals surface area contributed by atoms with Crippen LogP contribution in [0.25, 0.3) is 0 Å². The summed E-state index contributed by atoms with van der Waals surface area (Å²) in [5.41, 5.74) is 2.58. The molecule has 0 spiro atoms. The number of fused-ring (bicyclic) bond motifs is 1. The van der Waals surface area contributed by atoms with Crippen LogP contribution in [0.2, 0.25) is 0 Å². The van der Waals surface area contributed by atoms with Crippen LogP contribution < -0.4 is 24.3 Å². The lowest BCUT2D eigenvalue weighted by Gasteiger charge is -2.37. The summed E-state index contributed by atoms with van der Waals surface area (Å²) in [6, 6.07) is 8.67. The third-order valence-electron chi connectivity index (χ3n) is 5.79. The van der Waals surface area contributed by atoms with Gasteiger partial charge < -0.3 is 29.0 Å². The second-order valence-electron chi connectivity index (χ2n) is 7.77. The third kappa shape index (κ3) is 5.72. The number of benzene rings is 2. The van der Waals surface area contributed by atoms with Crippen LogP contribution in [0.5, 0.6) is 23.0 Å². The fourth-order valence-electron chi connectivity index (χ4n) is 4.19. The van der Waals surface area contributed by atoms with E-state index in [2.05, 4.69) is 5.32 Å². The van der Waals surface area contributed by atoms with Gasteiger partial charge in [-0.2, -0.15) is 0 Å². The fourth-order valence-corrected chi connectivity index (χ4v) is 4.19. The Hall–Kier alpha value is -3.46. The zero-order chi connectivity index (χ0) is 24.7. The first-order valence-corrected chi connectivity index (χ1v) is 11.1. The standard InChI is InChI=1S/C25H32N2O7/c1-6-34-25(29)14-19-18-13-23(33-5)21(31-3)11-16(18)9-10-27(19)15-24(28)26-17-7-8-20(30-2)22(12-17)32-4/h7-8,11-13,19H,6,9-10,14-15H2,1-5H3,(H,26,28)/t19-/m1/s1. The van der Waals surface area contributed by atoms with Gasteiger partial charge in [-0.3, -0.25) is 14.5 Å². The maximum atomic E-state index is 12.9. The SMILES string of the molecule is CCOC(=O)C[C@@H]1c2cc(OC)c(OC)cc2CCN1CC(=O)Nc1ccc(OC)c(OC)c1. The quantitative estimate of drug-likeness (QED) is 0.527. The molecule has 0 radical (unpaired) electrons. The summed E-state index contributed by atoms with van der Waals surface area (Å²) >= 11 is 0. The van der Waals surface area contributed by atoms with E-state index in [9.17, 15) is 9.59 Å². The Kier molecular flexibility index (Phi) is 8.59. The number of rotatable bonds is 10. The number of esters is 1. The highest BCUT2D eigenvalue weighted by Crippen LogP contribution is 2.39. The molecule has 9 heteroatoms. The van der Waals surface area contributed by atoms with Crippen LogP contribution in [0.15, 0.2) is 30.3 Å². The molecule has 0 saturated carbocycles. The van der Waals surface area contributed by atoms with E-state index in [1.165, 1.54) is 7.11 Å². The van der Waals surface area contributed by atoms with Crippen LogP contribution in [0.3, 0.4) is 0 Å². The lowest BCUT2D eigenvalue weighted by molar-refractivity contribution is -0.145. The van der Waals surface area contributed by atoms with E-state index in [0.717, 1.165) is 11.1 Å². The Morgan fingerprint density at radius 1 is 0.941 bits per heavy atom. The molecule has 0 aromatic heterocycles. The van der Waals surface area contributed by atoms with Crippen molar-refractivity contribution in [2.45, 2.75) is 25.8 Å². The van der Waals surface area contributed by atoms with Crippen LogP contribution in [-0.4, -0.2) is 64.9 Å². The van der Waals surface area contributed by atoms with Gasteiger partial charge in [-0.1, -0.05) is 0 Å². The minimum atomic E-state index is -0.334. The average molecular weight is 473 g/mol. The zero-order valence-electron chi connectivity index (χ0n) is 20.3. The molecule has 0 fully saturated rings. The normalized spacial score (nSPS) is 15.1. The van der Waals surface area contributed by atoms with Crippen molar-refractivity contribution >= 4 is 17.6 Å². The van der Waals surface area contributed by atoms with Gasteiger partial charge in [0.1, 0.15) is 0 Å². The van der Waals surface area contributed by atoms with Crippen molar-refractivity contribution in [1.29, 1.82) is 0 Å². The fraction of sp³-hybridized carbons (Fsp3) is 0.440. The van der Waals surface area contributed by atoms with E-state index in [-0.39, 0.29) is 30.9 Å². The summed E-state index contributed by atoms with van der Waals surface area (Å²) in [5.74, 6) is 1.79. The highest BCUT2D eigenvalue weighted by molar-refractivity contribution is 5.92. The van der Waals surface area contributed by atoms with Gasteiger partial charge in [-0.05, 0) is 48.7 Å². The number of hydrogen-bond acceptors (Lipinski definition) is 8. The van der Waals surface area contributed by atoms with Crippen molar-refractivity contribution in [2.24, 2.45) is 0 Å². The molecular formula is C25H32N2O7. The van der Waals surface area contributed by atoms with Gasteiger partial charge in [0.05, 0.1) is 48.0 Å². The minimum Gasteiger partial charge on any atom is -0.493 e. The summed E-state index contributed by atoms with van der Waals surface area (Å²) in [6.45, 7) is 2.77. The van der Waals surface area contributed by atoms with Gasteiger partial charge >= 0.3 is 5.97 Å². The van der Waals surface area contributed by atoms with Gasteiger partial charge in [-0.25, -0.2) is 0 Å². The van der Waals surface area contributed by atoms with Crippen LogP contribution >= 0.6 is 0 Å². The van der Waals surface area contributed by atoms with Crippen molar-refractivity contribution in [1.82, 2.24) is 4.90 Å². The molecule has 1 atom stereocenters. The van der Waals surface area contributed by atoms with Crippen molar-refractivity contribution in [3.63, 3.8) is 0 Å². The molecule has 184 valence electrons. The highest BCUT2D eigenvalue weighted by atomic mass is 16.5. The highest BCUT2D eigenvalue weighted by Gasteiger charge is 2.32. The second-order valence-corrected chi connectivity index (χ2v) is 7.77. The maximum Gasteiger partial charge on any atom is 0.307 e. The maximum absolute atomic E-state index is 12.9. The molecule has 0 aliphatic carbocycles. The van der Waals surface area contributed by atoms with Crippen LogP contribution in [0.4, 0.5) is 5.69 Å². The third-order valence-corrected chi connectivity index (χ3v) is 5.79. The first-order chi connectivity index (χ1) is 16.4. The summed E-state index contributed by atoms with van der Waals surface area (Å²) in [5, 5.41) is 2.90. The Morgan fingerprint density at radius 3 is 2.24 bits per heavy atom. The molecule has 0 unspecified atom stereocenters. The van der Waals surface area contributed by atoms with E-state index < -0.39 is 0 Å². The van der Waals surface area contributed by atoms with Gasteiger partial charge in [0.2, 0.25) is 5.91 Å². The lowest BCUT2D eigenvalue weighted by atomic mass is 9.90. The van der Waals surface area contributed by atoms with E-state index >= 15 is 0 Å². The number of nitrogens with zero attached hydrogens (tertiary/aromatic N) is 1. The van der Waals surface area contributed by atoms with Crippen LogP contribution in [0.1, 0.15) is 30.5 Å². The molecule has 2 aromatic carbocycles. The number of hydrogen-bond donors (Lipinski definition) is 1. The number of amides is 1. The van der Waals surface area contributed by atoms with Gasteiger partial charge in [-0.15, -0.1) is 0 Å². The predicted octanol–water partition coefficient (Wildman–Crippen LogP) is 3.21. The smallest absolute Gasteiger partial charge is 0.307 e. The molecule has 1 N–H and O–H groups in total. The second kappa shape index (κ2) is 11.6. The molecule has 3 rings (SSSR count). The Bertz CT molecular complexity index is 1020. The molecule has 0 bridgehead atoms. The Balaban J connectivity index is 1.83. The summed E-state index contributed by atoms with van der Waals surface area (Å²) in [6.07, 6.45) is 0.832. The van der Waals surface area contributed by atoms with Gasteiger partial charge in [0.15, 0.2) is 23.0 Å². The minimum absolute atomic E-state index is 0.103. The van der Waals surface area contributed by atoms with E-state index in [0.29, 0.717) is 48.3 Å². The van der Waals surface area contributed by atoms with E-state index in [1.54, 1.807) is 46.5 Å².